The number of nitrogens with zero attached hydrogens (tertiary/aromatic N) is 2. The Morgan fingerprint density at radius 2 is 1.78 bits per heavy atom. The lowest BCUT2D eigenvalue weighted by Gasteiger charge is -2.41. The summed E-state index contributed by atoms with van der Waals surface area (Å²) in [4.78, 5) is 15.3. The molecule has 45 heavy (non-hydrogen) atoms. The maximum absolute atomic E-state index is 12.5. The Hall–Kier alpha value is -2.65. The standard InChI is InChI=1S/C39H62N2O3S/c1-9-20-32(6)27-28-39(31-40,36-25-18-26-37(36)44-38(42)41(7)8)33(12-4)23-16-14-15-17-29-43-34(21-10-2)24-19-30-45-35(13-5)22-11-3/h9,11,13,19-22,24,27,33,36-37H,10,12,14-18,23,25-26,28-30H2,1-8H3/b20-9-,22-11-,24-19-,32-27-,34-21+,35-13+. The van der Waals surface area contributed by atoms with E-state index in [1.807, 2.05) is 31.7 Å². The van der Waals surface area contributed by atoms with E-state index in [1.165, 1.54) is 15.4 Å². The van der Waals surface area contributed by atoms with Gasteiger partial charge in [0.05, 0.1) is 18.1 Å². The van der Waals surface area contributed by atoms with Gasteiger partial charge in [-0.05, 0) is 90.7 Å². The number of ether oxygens (including phenoxy) is 2. The third kappa shape index (κ3) is 14.5. The van der Waals surface area contributed by atoms with Crippen LogP contribution in [0, 0.1) is 28.6 Å². The van der Waals surface area contributed by atoms with E-state index in [-0.39, 0.29) is 24.0 Å². The van der Waals surface area contributed by atoms with Crippen molar-refractivity contribution >= 4 is 17.9 Å². The van der Waals surface area contributed by atoms with Gasteiger partial charge in [0.15, 0.2) is 0 Å². The van der Waals surface area contributed by atoms with Crippen LogP contribution >= 0.6 is 11.8 Å². The zero-order chi connectivity index (χ0) is 33.5. The van der Waals surface area contributed by atoms with Crippen LogP contribution in [0.3, 0.4) is 0 Å². The van der Waals surface area contributed by atoms with Gasteiger partial charge in [-0.3, -0.25) is 0 Å². The molecule has 0 bridgehead atoms. The molecule has 0 heterocycles. The van der Waals surface area contributed by atoms with E-state index in [1.54, 1.807) is 14.1 Å². The van der Waals surface area contributed by atoms with Gasteiger partial charge in [0.2, 0.25) is 0 Å². The molecule has 0 radical (unpaired) electrons. The van der Waals surface area contributed by atoms with Crippen LogP contribution < -0.4 is 0 Å². The molecular weight excluding hydrogens is 577 g/mol. The molecule has 1 saturated carbocycles. The molecule has 4 atom stereocenters. The zero-order valence-electron chi connectivity index (χ0n) is 29.6. The molecule has 1 amide bonds. The van der Waals surface area contributed by atoms with E-state index in [4.69, 9.17) is 9.47 Å². The van der Waals surface area contributed by atoms with Gasteiger partial charge in [-0.25, -0.2) is 4.79 Å². The monoisotopic (exact) mass is 638 g/mol. The molecule has 1 aliphatic rings. The Bertz CT molecular complexity index is 1080. The van der Waals surface area contributed by atoms with Crippen molar-refractivity contribution in [2.75, 3.05) is 26.5 Å². The number of hydrogen-bond donors (Lipinski definition) is 0. The normalized spacial score (nSPS) is 20.1. The van der Waals surface area contributed by atoms with E-state index < -0.39 is 5.41 Å². The highest BCUT2D eigenvalue weighted by Gasteiger charge is 2.50. The van der Waals surface area contributed by atoms with Gasteiger partial charge in [-0.1, -0.05) is 87.6 Å². The maximum Gasteiger partial charge on any atom is 0.409 e. The molecule has 0 aromatic carbocycles. The van der Waals surface area contributed by atoms with Crippen molar-refractivity contribution in [2.24, 2.45) is 17.3 Å². The van der Waals surface area contributed by atoms with Gasteiger partial charge in [0, 0.05) is 30.7 Å². The van der Waals surface area contributed by atoms with E-state index in [9.17, 15) is 10.1 Å². The molecule has 252 valence electrons. The predicted octanol–water partition coefficient (Wildman–Crippen LogP) is 11.3. The fourth-order valence-electron chi connectivity index (χ4n) is 6.33. The minimum Gasteiger partial charge on any atom is -0.494 e. The number of rotatable bonds is 21. The quantitative estimate of drug-likeness (QED) is 0.0711. The summed E-state index contributed by atoms with van der Waals surface area (Å²) in [5.41, 5.74) is 0.618. The highest BCUT2D eigenvalue weighted by atomic mass is 32.2. The fourth-order valence-corrected chi connectivity index (χ4v) is 7.12. The summed E-state index contributed by atoms with van der Waals surface area (Å²) < 4.78 is 12.1. The molecule has 0 N–H and O–H groups in total. The van der Waals surface area contributed by atoms with Gasteiger partial charge < -0.3 is 14.4 Å². The molecule has 6 heteroatoms. The Kier molecular flexibility index (Phi) is 21.2. The van der Waals surface area contributed by atoms with Crippen molar-refractivity contribution in [3.05, 3.63) is 70.9 Å². The van der Waals surface area contributed by atoms with Crippen LogP contribution in [0.5, 0.6) is 0 Å². The zero-order valence-corrected chi connectivity index (χ0v) is 30.5. The number of unbranched alkanes of at least 4 members (excludes halogenated alkanes) is 3. The van der Waals surface area contributed by atoms with E-state index in [2.05, 4.69) is 82.4 Å². The van der Waals surface area contributed by atoms with Crippen LogP contribution in [0.4, 0.5) is 4.79 Å². The number of hydrogen-bond acceptors (Lipinski definition) is 5. The number of thioether (sulfide) groups is 1. The Balaban J connectivity index is 2.80. The van der Waals surface area contributed by atoms with Crippen molar-refractivity contribution in [3.63, 3.8) is 0 Å². The highest BCUT2D eigenvalue weighted by molar-refractivity contribution is 8.03. The van der Waals surface area contributed by atoms with Crippen LogP contribution in [0.2, 0.25) is 0 Å². The molecule has 0 aliphatic heterocycles. The summed E-state index contributed by atoms with van der Waals surface area (Å²) in [5, 5.41) is 10.9. The molecular formula is C39H62N2O3S. The van der Waals surface area contributed by atoms with Crippen LogP contribution in [0.1, 0.15) is 112 Å². The smallest absolute Gasteiger partial charge is 0.409 e. The molecule has 0 spiro atoms. The third-order valence-electron chi connectivity index (χ3n) is 8.72. The van der Waals surface area contributed by atoms with Gasteiger partial charge in [-0.15, -0.1) is 11.8 Å². The number of carbonyl (C=O) groups is 1. The lowest BCUT2D eigenvalue weighted by molar-refractivity contribution is 0.00357. The molecule has 4 unspecified atom stereocenters. The Morgan fingerprint density at radius 1 is 1.04 bits per heavy atom. The first kappa shape index (κ1) is 40.4. The first-order valence-electron chi connectivity index (χ1n) is 17.2. The molecule has 1 aliphatic carbocycles. The largest absolute Gasteiger partial charge is 0.494 e. The second-order valence-electron chi connectivity index (χ2n) is 12.2. The second kappa shape index (κ2) is 23.7. The average molecular weight is 639 g/mol. The molecule has 5 nitrogen and oxygen atoms in total. The first-order chi connectivity index (χ1) is 21.7. The van der Waals surface area contributed by atoms with Gasteiger partial charge in [-0.2, -0.15) is 5.26 Å². The summed E-state index contributed by atoms with van der Waals surface area (Å²) in [5.74, 6) is 2.16. The van der Waals surface area contributed by atoms with E-state index in [0.717, 1.165) is 82.3 Å². The summed E-state index contributed by atoms with van der Waals surface area (Å²) in [6.07, 6.45) is 29.3. The lowest BCUT2D eigenvalue weighted by Crippen LogP contribution is -2.43. The fraction of sp³-hybridized carbons (Fsp3) is 0.641. The topological polar surface area (TPSA) is 62.6 Å². The summed E-state index contributed by atoms with van der Waals surface area (Å²) in [6, 6.07) is 2.85. The first-order valence-corrected chi connectivity index (χ1v) is 18.2. The molecule has 1 rings (SSSR count). The predicted molar refractivity (Wildman–Crippen MR) is 194 cm³/mol. The molecule has 0 saturated heterocycles. The van der Waals surface area contributed by atoms with Crippen LogP contribution in [-0.4, -0.2) is 43.6 Å². The van der Waals surface area contributed by atoms with E-state index in [0.29, 0.717) is 6.42 Å². The minimum absolute atomic E-state index is 0.0438. The van der Waals surface area contributed by atoms with Crippen LogP contribution in [0.15, 0.2) is 70.9 Å². The van der Waals surface area contributed by atoms with Crippen molar-refractivity contribution in [2.45, 2.75) is 118 Å². The molecule has 1 fully saturated rings. The summed E-state index contributed by atoms with van der Waals surface area (Å²) in [7, 11) is 3.44. The summed E-state index contributed by atoms with van der Waals surface area (Å²) in [6.45, 7) is 13.3. The number of allylic oxidation sites excluding steroid dienone is 9. The Labute approximate surface area is 280 Å². The second-order valence-corrected chi connectivity index (χ2v) is 13.3. The number of carbonyl (C=O) groups excluding carboxylic acids is 1. The van der Waals surface area contributed by atoms with Crippen molar-refractivity contribution in [3.8, 4) is 6.07 Å². The van der Waals surface area contributed by atoms with Gasteiger partial charge in [0.25, 0.3) is 0 Å². The average Bonchev–Trinajstić information content (AvgIpc) is 3.49. The molecule has 0 aromatic heterocycles. The highest BCUT2D eigenvalue weighted by Crippen LogP contribution is 2.51. The van der Waals surface area contributed by atoms with E-state index >= 15 is 0 Å². The van der Waals surface area contributed by atoms with Crippen molar-refractivity contribution in [1.82, 2.24) is 4.90 Å². The van der Waals surface area contributed by atoms with Gasteiger partial charge >= 0.3 is 6.09 Å². The number of nitriles is 1. The lowest BCUT2D eigenvalue weighted by atomic mass is 9.61. The SMILES string of the molecule is C/C=C\C(C)=C/CC(C#N)(C(CC)CCCCCCOC(/C=C\CSC(/C=C\C)=C/C)=C/CC)C1CCCC1OC(=O)N(C)C. The Morgan fingerprint density at radius 3 is 2.40 bits per heavy atom. The van der Waals surface area contributed by atoms with Crippen molar-refractivity contribution < 1.29 is 14.3 Å². The summed E-state index contributed by atoms with van der Waals surface area (Å²) >= 11 is 1.82. The van der Waals surface area contributed by atoms with Crippen LogP contribution in [0.25, 0.3) is 0 Å². The minimum atomic E-state index is -0.556. The third-order valence-corrected chi connectivity index (χ3v) is 9.78. The van der Waals surface area contributed by atoms with Crippen molar-refractivity contribution in [1.29, 1.82) is 5.26 Å². The maximum atomic E-state index is 12.5. The molecule has 0 aromatic rings. The number of amides is 1. The van der Waals surface area contributed by atoms with Gasteiger partial charge in [0.1, 0.15) is 11.9 Å². The van der Waals surface area contributed by atoms with Crippen LogP contribution in [-0.2, 0) is 9.47 Å².